The summed E-state index contributed by atoms with van der Waals surface area (Å²) in [5.41, 5.74) is 2.77. The van der Waals surface area contributed by atoms with Gasteiger partial charge >= 0.3 is 0 Å². The maximum atomic E-state index is 13.2. The van der Waals surface area contributed by atoms with Gasteiger partial charge in [0.15, 0.2) is 0 Å². The van der Waals surface area contributed by atoms with Gasteiger partial charge in [0.05, 0.1) is 35.5 Å². The van der Waals surface area contributed by atoms with Gasteiger partial charge in [-0.3, -0.25) is 4.79 Å². The highest BCUT2D eigenvalue weighted by molar-refractivity contribution is 6.33. The van der Waals surface area contributed by atoms with Crippen LogP contribution in [0.5, 0.6) is 5.75 Å². The zero-order chi connectivity index (χ0) is 27.5. The predicted molar refractivity (Wildman–Crippen MR) is 156 cm³/mol. The van der Waals surface area contributed by atoms with E-state index in [9.17, 15) is 4.79 Å². The number of piperidine rings is 2. The standard InChI is InChI=1S/C32H36ClN5O2/c1-34-30-11-9-27(20-29(30)33)40-26-7-5-25(6-8-26)38-21-31-28(32(38)39)10-4-23(36-31)3-2-22-14-18-37(19-15-22)24-12-16-35-17-13-24/h4,9-11,20,22,24-26,35H,5-8,12-19,21H2. The van der Waals surface area contributed by atoms with E-state index in [2.05, 4.69) is 26.9 Å². The summed E-state index contributed by atoms with van der Waals surface area (Å²) in [5, 5.41) is 3.87. The van der Waals surface area contributed by atoms with Crippen LogP contribution in [0.1, 0.15) is 73.1 Å². The molecule has 1 N–H and O–H groups in total. The first-order valence-corrected chi connectivity index (χ1v) is 15.1. The largest absolute Gasteiger partial charge is 0.490 e. The summed E-state index contributed by atoms with van der Waals surface area (Å²) in [6, 6.07) is 9.96. The average molecular weight is 558 g/mol. The van der Waals surface area contributed by atoms with Crippen molar-refractivity contribution in [2.45, 2.75) is 76.1 Å². The SMILES string of the molecule is [C-]#[N+]c1ccc(OC2CCC(N3Cc4nc(C#CC5CCN(C6CCNCC6)CC5)ccc4C3=O)CC2)cc1Cl. The molecule has 3 aliphatic heterocycles. The van der Waals surface area contributed by atoms with E-state index in [-0.39, 0.29) is 18.1 Å². The quantitative estimate of drug-likeness (QED) is 0.400. The van der Waals surface area contributed by atoms with Crippen molar-refractivity contribution in [1.82, 2.24) is 20.1 Å². The summed E-state index contributed by atoms with van der Waals surface area (Å²) in [6.45, 7) is 12.3. The van der Waals surface area contributed by atoms with Gasteiger partial charge in [0, 0.05) is 18.0 Å². The normalized spacial score (nSPS) is 24.2. The number of carbonyl (C=O) groups is 1. The molecular formula is C32H36ClN5O2. The number of hydrogen-bond donors (Lipinski definition) is 1. The number of nitrogens with one attached hydrogen (secondary N) is 1. The summed E-state index contributed by atoms with van der Waals surface area (Å²) in [7, 11) is 0. The van der Waals surface area contributed by atoms with Gasteiger partial charge in [-0.2, -0.15) is 0 Å². The van der Waals surface area contributed by atoms with Gasteiger partial charge in [-0.25, -0.2) is 9.83 Å². The van der Waals surface area contributed by atoms with Crippen molar-refractivity contribution < 1.29 is 9.53 Å². The van der Waals surface area contributed by atoms with Crippen LogP contribution < -0.4 is 10.1 Å². The number of ether oxygens (including phenoxy) is 1. The lowest BCUT2D eigenvalue weighted by Gasteiger charge is -2.38. The fourth-order valence-corrected chi connectivity index (χ4v) is 6.86. The fourth-order valence-electron chi connectivity index (χ4n) is 6.64. The predicted octanol–water partition coefficient (Wildman–Crippen LogP) is 5.45. The fraction of sp³-hybridized carbons (Fsp3) is 0.531. The minimum absolute atomic E-state index is 0.0812. The third kappa shape index (κ3) is 5.98. The van der Waals surface area contributed by atoms with E-state index in [0.29, 0.717) is 34.5 Å². The van der Waals surface area contributed by atoms with E-state index in [0.717, 1.165) is 82.1 Å². The maximum absolute atomic E-state index is 13.2. The van der Waals surface area contributed by atoms with E-state index in [1.54, 1.807) is 18.2 Å². The molecule has 40 heavy (non-hydrogen) atoms. The molecule has 1 aromatic heterocycles. The molecule has 6 rings (SSSR count). The van der Waals surface area contributed by atoms with Gasteiger partial charge in [0.2, 0.25) is 5.69 Å². The van der Waals surface area contributed by atoms with Crippen molar-refractivity contribution in [3.63, 3.8) is 0 Å². The smallest absolute Gasteiger partial charge is 0.256 e. The molecule has 208 valence electrons. The number of carbonyl (C=O) groups excluding carboxylic acids is 1. The Bertz CT molecular complexity index is 1340. The minimum atomic E-state index is 0.0812. The number of halogens is 1. The van der Waals surface area contributed by atoms with Crippen molar-refractivity contribution in [3.05, 3.63) is 63.7 Å². The van der Waals surface area contributed by atoms with E-state index < -0.39 is 0 Å². The Morgan fingerprint density at radius 3 is 2.50 bits per heavy atom. The first-order chi connectivity index (χ1) is 19.6. The van der Waals surface area contributed by atoms with Gasteiger partial charge in [0.1, 0.15) is 11.4 Å². The molecule has 8 heteroatoms. The van der Waals surface area contributed by atoms with Crippen LogP contribution in [0.25, 0.3) is 4.85 Å². The van der Waals surface area contributed by atoms with Crippen molar-refractivity contribution in [1.29, 1.82) is 0 Å². The monoisotopic (exact) mass is 557 g/mol. The lowest BCUT2D eigenvalue weighted by Crippen LogP contribution is -2.46. The number of likely N-dealkylation sites (tertiary alicyclic amines) is 1. The molecule has 1 amide bonds. The van der Waals surface area contributed by atoms with Crippen molar-refractivity contribution in [3.8, 4) is 17.6 Å². The Hall–Kier alpha value is -3.10. The number of fused-ring (bicyclic) bond motifs is 1. The molecule has 7 nitrogen and oxygen atoms in total. The number of amides is 1. The summed E-state index contributed by atoms with van der Waals surface area (Å²) >= 11 is 6.16. The second-order valence-electron chi connectivity index (χ2n) is 11.5. The Morgan fingerprint density at radius 1 is 1.00 bits per heavy atom. The van der Waals surface area contributed by atoms with E-state index in [1.807, 2.05) is 17.0 Å². The molecule has 4 heterocycles. The van der Waals surface area contributed by atoms with Crippen molar-refractivity contribution >= 4 is 23.2 Å². The molecule has 0 spiro atoms. The third-order valence-corrected chi connectivity index (χ3v) is 9.27. The van der Waals surface area contributed by atoms with E-state index >= 15 is 0 Å². The lowest BCUT2D eigenvalue weighted by molar-refractivity contribution is 0.0560. The molecule has 2 saturated heterocycles. The summed E-state index contributed by atoms with van der Waals surface area (Å²) in [6.07, 6.45) is 8.37. The number of nitrogens with zero attached hydrogens (tertiary/aromatic N) is 4. The second kappa shape index (κ2) is 12.2. The molecule has 4 aliphatic rings. The zero-order valence-corrected chi connectivity index (χ0v) is 23.6. The Morgan fingerprint density at radius 2 is 1.77 bits per heavy atom. The first kappa shape index (κ1) is 27.1. The maximum Gasteiger partial charge on any atom is 0.256 e. The van der Waals surface area contributed by atoms with E-state index in [1.165, 1.54) is 12.8 Å². The molecule has 1 saturated carbocycles. The molecular weight excluding hydrogens is 522 g/mol. The Balaban J connectivity index is 1.01. The average Bonchev–Trinajstić information content (AvgIpc) is 3.32. The molecule has 1 aliphatic carbocycles. The van der Waals surface area contributed by atoms with Gasteiger partial charge in [-0.05, 0) is 108 Å². The van der Waals surface area contributed by atoms with Crippen LogP contribution in [0, 0.1) is 24.3 Å². The zero-order valence-electron chi connectivity index (χ0n) is 22.9. The summed E-state index contributed by atoms with van der Waals surface area (Å²) < 4.78 is 6.14. The first-order valence-electron chi connectivity index (χ1n) is 14.7. The van der Waals surface area contributed by atoms with Gasteiger partial charge < -0.3 is 19.9 Å². The van der Waals surface area contributed by atoms with Gasteiger partial charge in [-0.15, -0.1) is 0 Å². The van der Waals surface area contributed by atoms with Crippen LogP contribution >= 0.6 is 11.6 Å². The summed E-state index contributed by atoms with van der Waals surface area (Å²) in [5.74, 6) is 8.01. The van der Waals surface area contributed by atoms with Crippen LogP contribution in [0.15, 0.2) is 30.3 Å². The lowest BCUT2D eigenvalue weighted by atomic mass is 9.92. The van der Waals surface area contributed by atoms with Gasteiger partial charge in [-0.1, -0.05) is 23.6 Å². The number of rotatable bonds is 4. The molecule has 0 atom stereocenters. The molecule has 0 unspecified atom stereocenters. The minimum Gasteiger partial charge on any atom is -0.490 e. The molecule has 0 radical (unpaired) electrons. The number of aromatic nitrogens is 1. The molecule has 2 aromatic rings. The van der Waals surface area contributed by atoms with Gasteiger partial charge in [0.25, 0.3) is 5.91 Å². The molecule has 0 bridgehead atoms. The van der Waals surface area contributed by atoms with Crippen LogP contribution in [0.3, 0.4) is 0 Å². The Labute approximate surface area is 242 Å². The van der Waals surface area contributed by atoms with Crippen LogP contribution in [0.4, 0.5) is 5.69 Å². The topological polar surface area (TPSA) is 62.1 Å². The van der Waals surface area contributed by atoms with Crippen molar-refractivity contribution in [2.75, 3.05) is 26.2 Å². The molecule has 1 aromatic carbocycles. The van der Waals surface area contributed by atoms with Crippen LogP contribution in [-0.4, -0.2) is 65.1 Å². The van der Waals surface area contributed by atoms with Crippen molar-refractivity contribution in [2.24, 2.45) is 5.92 Å². The van der Waals surface area contributed by atoms with E-state index in [4.69, 9.17) is 27.9 Å². The number of pyridine rings is 1. The Kier molecular flexibility index (Phi) is 8.25. The van der Waals surface area contributed by atoms with Crippen LogP contribution in [0.2, 0.25) is 5.02 Å². The highest BCUT2D eigenvalue weighted by Crippen LogP contribution is 2.34. The molecule has 3 fully saturated rings. The highest BCUT2D eigenvalue weighted by atomic mass is 35.5. The number of benzene rings is 1. The second-order valence-corrected chi connectivity index (χ2v) is 11.9. The van der Waals surface area contributed by atoms with Crippen LogP contribution in [-0.2, 0) is 6.54 Å². The highest BCUT2D eigenvalue weighted by Gasteiger charge is 2.36. The third-order valence-electron chi connectivity index (χ3n) is 8.97. The number of hydrogen-bond acceptors (Lipinski definition) is 5. The summed E-state index contributed by atoms with van der Waals surface area (Å²) in [4.78, 5) is 26.1.